The summed E-state index contributed by atoms with van der Waals surface area (Å²) in [7, 11) is 0.983. The molecule has 1 N–H and O–H groups in total. The Morgan fingerprint density at radius 2 is 1.71 bits per heavy atom. The predicted molar refractivity (Wildman–Crippen MR) is 196 cm³/mol. The van der Waals surface area contributed by atoms with E-state index in [1.54, 1.807) is 6.20 Å². The molecular formula is C38H56N4O8Si. The van der Waals surface area contributed by atoms with E-state index in [9.17, 15) is 5.11 Å². The fraction of sp³-hybridized carbons (Fsp3) is 0.684. The van der Waals surface area contributed by atoms with Crippen molar-refractivity contribution in [3.8, 4) is 11.6 Å². The molecule has 13 heteroatoms. The molecule has 4 aliphatic rings. The number of aliphatic hydroxyl groups is 1. The molecule has 0 spiro atoms. The number of unbranched alkanes of at least 4 members (excludes halogenated alkanes) is 2. The van der Waals surface area contributed by atoms with Gasteiger partial charge in [-0.3, -0.25) is 14.5 Å². The molecule has 2 aromatic heterocycles. The Bertz CT molecular complexity index is 1670. The van der Waals surface area contributed by atoms with Gasteiger partial charge >= 0.3 is 0 Å². The molecule has 280 valence electrons. The van der Waals surface area contributed by atoms with Crippen molar-refractivity contribution in [2.75, 3.05) is 58.5 Å². The zero-order chi connectivity index (χ0) is 36.9. The molecule has 1 aliphatic heterocycles. The molecule has 0 unspecified atom stereocenters. The summed E-state index contributed by atoms with van der Waals surface area (Å²) in [6.07, 6.45) is 5.90. The van der Waals surface area contributed by atoms with E-state index >= 15 is 9.59 Å². The third-order valence-corrected chi connectivity index (χ3v) is 16.0. The number of carbonyl (C=O) groups is 2. The first-order chi connectivity index (χ1) is 24.2. The van der Waals surface area contributed by atoms with Crippen molar-refractivity contribution < 1.29 is 37.9 Å². The number of morpholine rings is 1. The van der Waals surface area contributed by atoms with Crippen LogP contribution in [-0.4, -0.2) is 99.2 Å². The molecule has 0 amide bonds. The Balaban J connectivity index is 1.60. The minimum atomic E-state index is -2.85. The summed E-state index contributed by atoms with van der Waals surface area (Å²) < 4.78 is 31.5. The first kappa shape index (κ1) is 37.5. The van der Waals surface area contributed by atoms with Gasteiger partial charge in [-0.15, -0.1) is 0 Å². The van der Waals surface area contributed by atoms with Crippen LogP contribution in [-0.2, 0) is 20.4 Å². The number of carbonyl (C=O) groups excluding carboxylic acids is 2. The van der Waals surface area contributed by atoms with Crippen LogP contribution < -0.4 is 14.4 Å². The van der Waals surface area contributed by atoms with E-state index in [1.165, 1.54) is 0 Å². The van der Waals surface area contributed by atoms with Gasteiger partial charge in [0.25, 0.3) is 5.88 Å². The van der Waals surface area contributed by atoms with Crippen molar-refractivity contribution in [3.63, 3.8) is 0 Å². The maximum absolute atomic E-state index is 15.7. The first-order valence-corrected chi connectivity index (χ1v) is 21.6. The molecule has 12 nitrogen and oxygen atoms in total. The van der Waals surface area contributed by atoms with Gasteiger partial charge in [0, 0.05) is 44.2 Å². The number of fused-ring (bicyclic) bond motifs is 4. The molecule has 3 aliphatic carbocycles. The molecule has 51 heavy (non-hydrogen) atoms. The summed E-state index contributed by atoms with van der Waals surface area (Å²) in [4.78, 5) is 40.1. The molecule has 0 radical (unpaired) electrons. The van der Waals surface area contributed by atoms with Gasteiger partial charge in [0.1, 0.15) is 22.9 Å². The Kier molecular flexibility index (Phi) is 10.5. The highest BCUT2D eigenvalue weighted by Gasteiger charge is 2.69. The molecule has 0 bridgehead atoms. The summed E-state index contributed by atoms with van der Waals surface area (Å²) in [6, 6.07) is -0.508. The van der Waals surface area contributed by atoms with Crippen molar-refractivity contribution >= 4 is 31.5 Å². The lowest BCUT2D eigenvalue weighted by atomic mass is 9.57. The molecule has 6 rings (SSSR count). The fourth-order valence-electron chi connectivity index (χ4n) is 7.91. The van der Waals surface area contributed by atoms with E-state index in [0.717, 1.165) is 31.2 Å². The number of rotatable bonds is 12. The van der Waals surface area contributed by atoms with Crippen molar-refractivity contribution in [1.29, 1.82) is 0 Å². The minimum Gasteiger partial charge on any atom is -0.507 e. The lowest BCUT2D eigenvalue weighted by Gasteiger charge is -2.56. The van der Waals surface area contributed by atoms with Gasteiger partial charge in [-0.25, -0.2) is 4.98 Å². The van der Waals surface area contributed by atoms with E-state index in [2.05, 4.69) is 57.8 Å². The highest BCUT2D eigenvalue weighted by atomic mass is 28.4. The molecule has 4 atom stereocenters. The number of ketones is 2. The van der Waals surface area contributed by atoms with Crippen LogP contribution >= 0.6 is 0 Å². The number of hydrogen-bond acceptors (Lipinski definition) is 12. The molecule has 2 fully saturated rings. The average Bonchev–Trinajstić information content (AvgIpc) is 3.49. The third kappa shape index (κ3) is 6.31. The quantitative estimate of drug-likeness (QED) is 0.144. The number of pyridine rings is 1. The van der Waals surface area contributed by atoms with Gasteiger partial charge in [-0.05, 0) is 54.9 Å². The van der Waals surface area contributed by atoms with Gasteiger partial charge in [0.2, 0.25) is 11.6 Å². The normalized spacial score (nSPS) is 25.2. The highest BCUT2D eigenvalue weighted by molar-refractivity contribution is 6.74. The maximum Gasteiger partial charge on any atom is 0.265 e. The molecular weight excluding hydrogens is 669 g/mol. The average molecular weight is 725 g/mol. The van der Waals surface area contributed by atoms with Crippen LogP contribution in [0.5, 0.6) is 11.6 Å². The van der Waals surface area contributed by atoms with Crippen LogP contribution in [0.3, 0.4) is 0 Å². The van der Waals surface area contributed by atoms with Gasteiger partial charge in [0.05, 0.1) is 44.2 Å². The number of aliphatic hydroxyl groups excluding tert-OH is 1. The van der Waals surface area contributed by atoms with E-state index < -0.39 is 43.4 Å². The van der Waals surface area contributed by atoms with Crippen LogP contribution in [0.2, 0.25) is 18.1 Å². The lowest BCUT2D eigenvalue weighted by Crippen LogP contribution is -2.69. The topological polar surface area (TPSA) is 137 Å². The van der Waals surface area contributed by atoms with Gasteiger partial charge in [0.15, 0.2) is 19.7 Å². The molecule has 0 aromatic carbocycles. The number of ether oxygens (including phenoxy) is 3. The van der Waals surface area contributed by atoms with E-state index in [0.29, 0.717) is 75.2 Å². The van der Waals surface area contributed by atoms with Crippen molar-refractivity contribution in [2.24, 2.45) is 11.8 Å². The fourth-order valence-corrected chi connectivity index (χ4v) is 9.36. The summed E-state index contributed by atoms with van der Waals surface area (Å²) >= 11 is 0. The van der Waals surface area contributed by atoms with Gasteiger partial charge < -0.3 is 33.2 Å². The maximum atomic E-state index is 15.7. The second kappa shape index (κ2) is 14.3. The third-order valence-electron chi connectivity index (χ3n) is 11.6. The summed E-state index contributed by atoms with van der Waals surface area (Å²) in [5.74, 6) is -0.547. The lowest BCUT2D eigenvalue weighted by molar-refractivity contribution is -0.143. The van der Waals surface area contributed by atoms with Gasteiger partial charge in [-0.2, -0.15) is 0 Å². The van der Waals surface area contributed by atoms with Crippen LogP contribution in [0.25, 0.3) is 5.76 Å². The number of hydrogen-bond donors (Lipinski definition) is 1. The monoisotopic (exact) mass is 724 g/mol. The van der Waals surface area contributed by atoms with E-state index in [4.69, 9.17) is 28.1 Å². The Labute approximate surface area is 303 Å². The van der Waals surface area contributed by atoms with Crippen LogP contribution in [0.15, 0.2) is 16.3 Å². The summed E-state index contributed by atoms with van der Waals surface area (Å²) in [5.41, 5.74) is -0.263. The zero-order valence-corrected chi connectivity index (χ0v) is 32.9. The first-order valence-electron chi connectivity index (χ1n) is 18.7. The number of anilines is 1. The van der Waals surface area contributed by atoms with Crippen molar-refractivity contribution in [2.45, 2.75) is 103 Å². The van der Waals surface area contributed by atoms with Crippen molar-refractivity contribution in [1.82, 2.24) is 15.0 Å². The summed E-state index contributed by atoms with van der Waals surface area (Å²) in [6.45, 7) is 17.6. The summed E-state index contributed by atoms with van der Waals surface area (Å²) in [5, 5.41) is 16.4. The number of aromatic nitrogens is 2. The Morgan fingerprint density at radius 1 is 1.04 bits per heavy atom. The molecule has 3 heterocycles. The highest BCUT2D eigenvalue weighted by Crippen LogP contribution is 2.59. The van der Waals surface area contributed by atoms with E-state index in [-0.39, 0.29) is 27.8 Å². The number of nitrogens with zero attached hydrogens (tertiary/aromatic N) is 4. The molecule has 1 saturated carbocycles. The Morgan fingerprint density at radius 3 is 2.33 bits per heavy atom. The Hall–Kier alpha value is -3.26. The van der Waals surface area contributed by atoms with Crippen LogP contribution in [0, 0.1) is 11.8 Å². The molecule has 1 saturated heterocycles. The minimum absolute atomic E-state index is 0.0915. The van der Waals surface area contributed by atoms with Crippen LogP contribution in [0.1, 0.15) is 100 Å². The van der Waals surface area contributed by atoms with E-state index in [1.807, 2.05) is 19.0 Å². The SMILES string of the molecule is CCCCOc1cnc(N(C)C)c2c1C(O)=C1C(=O)[C@]3(O[Si](C)(C)C(C)(C)C)C(=O)c4c(OCCCC)noc4[C@@H](N4CCOCC4)[C@@H]3C[C@@H]1C2. The largest absolute Gasteiger partial charge is 0.507 e. The van der Waals surface area contributed by atoms with Gasteiger partial charge in [-0.1, -0.05) is 47.5 Å². The zero-order valence-electron chi connectivity index (χ0n) is 31.9. The predicted octanol–water partition coefficient (Wildman–Crippen LogP) is 6.55. The van der Waals surface area contributed by atoms with Crippen LogP contribution in [0.4, 0.5) is 5.82 Å². The van der Waals surface area contributed by atoms with Crippen molar-refractivity contribution in [3.05, 3.63) is 34.2 Å². The smallest absolute Gasteiger partial charge is 0.265 e. The standard InChI is InChI=1S/C38H56N4O8Si/c1-10-12-16-47-26-22-39-35(41(6)7)24-20-23-21-25-30(42-14-18-46-19-15-42)32-29(36(40-49-32)48-17-13-11-2)34(45)38(25,50-51(8,9)37(3,4)5)33(44)27(23)31(43)28(24)26/h22-23,25,30,43H,10-21H2,1-9H3/t23-,25-,30-,38-/m0/s1. The number of Topliss-reactive ketones (excluding diaryl/α,β-unsaturated/α-hetero) is 2. The second-order valence-electron chi connectivity index (χ2n) is 16.2. The second-order valence-corrected chi connectivity index (χ2v) is 20.9. The molecule has 2 aromatic rings.